The Morgan fingerprint density at radius 2 is 1.95 bits per heavy atom. The molecule has 1 aromatic heterocycles. The van der Waals surface area contributed by atoms with Crippen molar-refractivity contribution in [1.82, 2.24) is 14.1 Å². The molecule has 0 aromatic carbocycles. The molecule has 120 valence electrons. The summed E-state index contributed by atoms with van der Waals surface area (Å²) in [6.45, 7) is 13.0. The quantitative estimate of drug-likeness (QED) is 0.807. The van der Waals surface area contributed by atoms with Crippen LogP contribution in [0.25, 0.3) is 0 Å². The molecule has 0 saturated heterocycles. The van der Waals surface area contributed by atoms with Gasteiger partial charge in [-0.25, -0.2) is 8.42 Å². The summed E-state index contributed by atoms with van der Waals surface area (Å²) in [5, 5.41) is 13.3. The number of aliphatic hydroxyl groups is 1. The first-order valence-electron chi connectivity index (χ1n) is 6.86. The van der Waals surface area contributed by atoms with Gasteiger partial charge in [0, 0.05) is 12.1 Å². The third kappa shape index (κ3) is 3.53. The van der Waals surface area contributed by atoms with E-state index >= 15 is 0 Å². The molecule has 6 nitrogen and oxygen atoms in total. The number of hydrogen-bond acceptors (Lipinski definition) is 4. The lowest BCUT2D eigenvalue weighted by atomic mass is 10.1. The van der Waals surface area contributed by atoms with Gasteiger partial charge < -0.3 is 5.11 Å². The van der Waals surface area contributed by atoms with Crippen molar-refractivity contribution in [3.63, 3.8) is 0 Å². The van der Waals surface area contributed by atoms with Crippen LogP contribution in [0.4, 0.5) is 0 Å². The minimum absolute atomic E-state index is 0.0862. The monoisotopic (exact) mass is 315 g/mol. The average molecular weight is 315 g/mol. The first-order valence-corrected chi connectivity index (χ1v) is 8.30. The SMILES string of the molecule is C=CCN(C(C)(C)C)S(=O)(=O)c1c(C)nn(CCO)c1C. The van der Waals surface area contributed by atoms with Crippen LogP contribution in [-0.4, -0.2) is 46.3 Å². The Balaban J connectivity index is 3.45. The standard InChI is InChI=1S/C14H25N3O3S/c1-7-8-17(14(4,5)6)21(19,20)13-11(2)15-16(9-10-18)12(13)3/h7,18H,1,8-10H2,2-6H3. The lowest BCUT2D eigenvalue weighted by Crippen LogP contribution is -2.45. The van der Waals surface area contributed by atoms with Crippen LogP contribution in [0.15, 0.2) is 17.6 Å². The maximum atomic E-state index is 13.0. The van der Waals surface area contributed by atoms with Crippen molar-refractivity contribution >= 4 is 10.0 Å². The van der Waals surface area contributed by atoms with Gasteiger partial charge >= 0.3 is 0 Å². The molecule has 0 unspecified atom stereocenters. The highest BCUT2D eigenvalue weighted by molar-refractivity contribution is 7.89. The zero-order valence-electron chi connectivity index (χ0n) is 13.4. The van der Waals surface area contributed by atoms with Crippen LogP contribution >= 0.6 is 0 Å². The molecule has 0 aliphatic heterocycles. The van der Waals surface area contributed by atoms with Gasteiger partial charge in [0.2, 0.25) is 10.0 Å². The van der Waals surface area contributed by atoms with Crippen molar-refractivity contribution in [2.45, 2.75) is 51.6 Å². The maximum absolute atomic E-state index is 13.0. The first-order chi connectivity index (χ1) is 9.57. The van der Waals surface area contributed by atoms with E-state index in [2.05, 4.69) is 11.7 Å². The Morgan fingerprint density at radius 1 is 1.38 bits per heavy atom. The van der Waals surface area contributed by atoms with E-state index in [1.807, 2.05) is 20.8 Å². The van der Waals surface area contributed by atoms with E-state index in [4.69, 9.17) is 5.11 Å². The van der Waals surface area contributed by atoms with E-state index in [9.17, 15) is 8.42 Å². The molecule has 1 N–H and O–H groups in total. The van der Waals surface area contributed by atoms with Crippen molar-refractivity contribution < 1.29 is 13.5 Å². The summed E-state index contributed by atoms with van der Waals surface area (Å²) in [7, 11) is -3.68. The van der Waals surface area contributed by atoms with Crippen LogP contribution in [0.5, 0.6) is 0 Å². The van der Waals surface area contributed by atoms with Crippen LogP contribution in [0, 0.1) is 13.8 Å². The lowest BCUT2D eigenvalue weighted by molar-refractivity contribution is 0.266. The van der Waals surface area contributed by atoms with Gasteiger partial charge in [0.05, 0.1) is 24.5 Å². The van der Waals surface area contributed by atoms with Gasteiger partial charge in [0.25, 0.3) is 0 Å². The minimum Gasteiger partial charge on any atom is -0.394 e. The fraction of sp³-hybridized carbons (Fsp3) is 0.643. The molecular formula is C14H25N3O3S. The summed E-state index contributed by atoms with van der Waals surface area (Å²) in [5.74, 6) is 0. The number of nitrogens with zero attached hydrogens (tertiary/aromatic N) is 3. The summed E-state index contributed by atoms with van der Waals surface area (Å²) in [6.07, 6.45) is 1.58. The molecule has 0 aliphatic carbocycles. The van der Waals surface area contributed by atoms with Crippen molar-refractivity contribution in [1.29, 1.82) is 0 Å². The Labute approximate surface area is 127 Å². The molecule has 0 aliphatic rings. The minimum atomic E-state index is -3.68. The molecule has 0 spiro atoms. The molecule has 0 atom stereocenters. The van der Waals surface area contributed by atoms with Gasteiger partial charge in [-0.05, 0) is 34.6 Å². The average Bonchev–Trinajstić information content (AvgIpc) is 2.60. The largest absolute Gasteiger partial charge is 0.394 e. The van der Waals surface area contributed by atoms with Crippen LogP contribution < -0.4 is 0 Å². The van der Waals surface area contributed by atoms with E-state index in [1.54, 1.807) is 19.9 Å². The van der Waals surface area contributed by atoms with Gasteiger partial charge in [0.1, 0.15) is 4.90 Å². The van der Waals surface area contributed by atoms with Gasteiger partial charge in [-0.2, -0.15) is 9.40 Å². The number of aliphatic hydroxyl groups excluding tert-OH is 1. The number of hydrogen-bond donors (Lipinski definition) is 1. The van der Waals surface area contributed by atoms with E-state index in [1.165, 1.54) is 8.99 Å². The Hall–Kier alpha value is -1.18. The topological polar surface area (TPSA) is 75.4 Å². The first kappa shape index (κ1) is 17.9. The number of aromatic nitrogens is 2. The fourth-order valence-electron chi connectivity index (χ4n) is 2.33. The molecule has 0 amide bonds. The second-order valence-electron chi connectivity index (χ2n) is 5.94. The molecule has 7 heteroatoms. The molecule has 21 heavy (non-hydrogen) atoms. The van der Waals surface area contributed by atoms with Crippen LogP contribution in [0.2, 0.25) is 0 Å². The molecule has 0 radical (unpaired) electrons. The smallest absolute Gasteiger partial charge is 0.247 e. The van der Waals surface area contributed by atoms with Crippen LogP contribution in [0.3, 0.4) is 0 Å². The Morgan fingerprint density at radius 3 is 2.38 bits per heavy atom. The van der Waals surface area contributed by atoms with Crippen molar-refractivity contribution in [2.75, 3.05) is 13.2 Å². The lowest BCUT2D eigenvalue weighted by Gasteiger charge is -2.33. The van der Waals surface area contributed by atoms with Gasteiger partial charge in [-0.15, -0.1) is 6.58 Å². The number of aryl methyl sites for hydroxylation is 1. The molecule has 1 rings (SSSR count). The highest BCUT2D eigenvalue weighted by Crippen LogP contribution is 2.28. The van der Waals surface area contributed by atoms with Crippen molar-refractivity contribution in [2.24, 2.45) is 0 Å². The zero-order chi connectivity index (χ0) is 16.4. The Kier molecular flexibility index (Phi) is 5.35. The molecule has 0 saturated carbocycles. The van der Waals surface area contributed by atoms with Gasteiger partial charge in [-0.3, -0.25) is 4.68 Å². The van der Waals surface area contributed by atoms with E-state index in [0.29, 0.717) is 11.4 Å². The molecule has 1 aromatic rings. The molecule has 0 bridgehead atoms. The van der Waals surface area contributed by atoms with Gasteiger partial charge in [-0.1, -0.05) is 6.08 Å². The van der Waals surface area contributed by atoms with Crippen molar-refractivity contribution in [3.05, 3.63) is 24.0 Å². The summed E-state index contributed by atoms with van der Waals surface area (Å²) < 4.78 is 28.9. The predicted octanol–water partition coefficient (Wildman–Crippen LogP) is 1.47. The number of sulfonamides is 1. The third-order valence-electron chi connectivity index (χ3n) is 3.22. The second kappa shape index (κ2) is 6.29. The second-order valence-corrected chi connectivity index (χ2v) is 7.74. The predicted molar refractivity (Wildman–Crippen MR) is 82.6 cm³/mol. The Bertz CT molecular complexity index is 612. The van der Waals surface area contributed by atoms with Crippen LogP contribution in [-0.2, 0) is 16.6 Å². The summed E-state index contributed by atoms with van der Waals surface area (Å²) >= 11 is 0. The highest BCUT2D eigenvalue weighted by atomic mass is 32.2. The maximum Gasteiger partial charge on any atom is 0.247 e. The summed E-state index contributed by atoms with van der Waals surface area (Å²) in [6, 6.07) is 0. The number of rotatable bonds is 6. The van der Waals surface area contributed by atoms with Crippen LogP contribution in [0.1, 0.15) is 32.2 Å². The summed E-state index contributed by atoms with van der Waals surface area (Å²) in [4.78, 5) is 0.215. The molecule has 0 fully saturated rings. The third-order valence-corrected chi connectivity index (χ3v) is 5.60. The van der Waals surface area contributed by atoms with Gasteiger partial charge in [0.15, 0.2) is 0 Å². The molecular weight excluding hydrogens is 290 g/mol. The van der Waals surface area contributed by atoms with E-state index in [-0.39, 0.29) is 24.6 Å². The highest BCUT2D eigenvalue weighted by Gasteiger charge is 2.36. The van der Waals surface area contributed by atoms with E-state index < -0.39 is 15.6 Å². The van der Waals surface area contributed by atoms with E-state index in [0.717, 1.165) is 0 Å². The molecule has 1 heterocycles. The van der Waals surface area contributed by atoms with Crippen molar-refractivity contribution in [3.8, 4) is 0 Å². The fourth-order valence-corrected chi connectivity index (χ4v) is 4.46. The normalized spacial score (nSPS) is 12.9. The summed E-state index contributed by atoms with van der Waals surface area (Å²) in [5.41, 5.74) is 0.421. The zero-order valence-corrected chi connectivity index (χ0v) is 14.2.